The number of ether oxygens (including phenoxy) is 2. The maximum atomic E-state index is 12.9. The van der Waals surface area contributed by atoms with Gasteiger partial charge in [0.2, 0.25) is 11.8 Å². The van der Waals surface area contributed by atoms with Crippen molar-refractivity contribution in [3.8, 4) is 11.5 Å². The molecule has 1 saturated heterocycles. The molecule has 1 fully saturated rings. The minimum absolute atomic E-state index is 0.0268. The lowest BCUT2D eigenvalue weighted by Crippen LogP contribution is -2.36. The number of hydrazone groups is 1. The number of nitrogens with zero attached hydrogens (tertiary/aromatic N) is 2. The van der Waals surface area contributed by atoms with Crippen LogP contribution in [0.3, 0.4) is 0 Å². The summed E-state index contributed by atoms with van der Waals surface area (Å²) < 4.78 is 11.3. The first-order valence-corrected chi connectivity index (χ1v) is 11.3. The van der Waals surface area contributed by atoms with Crippen LogP contribution < -0.4 is 20.1 Å². The number of carbonyl (C=O) groups is 2. The predicted octanol–water partition coefficient (Wildman–Crippen LogP) is 3.66. The number of amides is 2. The van der Waals surface area contributed by atoms with Crippen LogP contribution in [0.1, 0.15) is 37.8 Å². The average Bonchev–Trinajstić information content (AvgIpc) is 3.41. The van der Waals surface area contributed by atoms with Crippen molar-refractivity contribution >= 4 is 29.4 Å². The lowest BCUT2D eigenvalue weighted by molar-refractivity contribution is -0.120. The highest BCUT2D eigenvalue weighted by molar-refractivity contribution is 6.01. The Hall–Kier alpha value is -3.55. The Morgan fingerprint density at radius 3 is 2.91 bits per heavy atom. The van der Waals surface area contributed by atoms with Crippen LogP contribution in [0, 0.1) is 5.92 Å². The monoisotopic (exact) mass is 450 g/mol. The molecule has 2 N–H and O–H groups in total. The lowest BCUT2D eigenvalue weighted by Gasteiger charge is -2.21. The fraction of sp³-hybridized carbons (Fsp3) is 0.400. The van der Waals surface area contributed by atoms with E-state index < -0.39 is 0 Å². The third-order valence-corrected chi connectivity index (χ3v) is 5.64. The van der Waals surface area contributed by atoms with E-state index in [1.807, 2.05) is 35.3 Å². The molecule has 8 nitrogen and oxygen atoms in total. The highest BCUT2D eigenvalue weighted by Gasteiger charge is 2.30. The SMILES string of the molecule is COc1ccc(/C=N/N2CCC[C@H]2C(=O)Nc2ccc3c(c2)CC(=O)N3)cc1OCC(C)C. The molecule has 1 atom stereocenters. The molecule has 2 aliphatic heterocycles. The van der Waals surface area contributed by atoms with Crippen LogP contribution in [-0.4, -0.2) is 49.3 Å². The molecule has 0 aromatic heterocycles. The summed E-state index contributed by atoms with van der Waals surface area (Å²) in [4.78, 5) is 24.5. The van der Waals surface area contributed by atoms with Gasteiger partial charge in [-0.25, -0.2) is 0 Å². The van der Waals surface area contributed by atoms with Crippen LogP contribution in [0.2, 0.25) is 0 Å². The van der Waals surface area contributed by atoms with Gasteiger partial charge in [0, 0.05) is 17.9 Å². The standard InChI is InChI=1S/C25H30N4O4/c1-16(2)15-33-23-11-17(6-9-22(23)32-3)14-26-29-10-4-5-21(29)25(31)27-19-7-8-20-18(12-19)13-24(30)28-20/h6-9,11-12,14,16,21H,4-5,10,13,15H2,1-3H3,(H,27,31)(H,28,30)/b26-14+/t21-/m0/s1. The molecule has 4 rings (SSSR count). The molecule has 0 unspecified atom stereocenters. The topological polar surface area (TPSA) is 92.3 Å². The number of anilines is 2. The molecule has 2 aliphatic rings. The molecular weight excluding hydrogens is 420 g/mol. The Bertz CT molecular complexity index is 1070. The van der Waals surface area contributed by atoms with Gasteiger partial charge in [0.1, 0.15) is 6.04 Å². The third kappa shape index (κ3) is 5.45. The van der Waals surface area contributed by atoms with Crippen LogP contribution in [-0.2, 0) is 16.0 Å². The Labute approximate surface area is 193 Å². The molecule has 0 radical (unpaired) electrons. The molecule has 2 aromatic rings. The summed E-state index contributed by atoms with van der Waals surface area (Å²) in [6.45, 7) is 5.49. The van der Waals surface area contributed by atoms with E-state index in [0.717, 1.165) is 29.7 Å². The minimum atomic E-state index is -0.343. The van der Waals surface area contributed by atoms with Gasteiger partial charge in [-0.1, -0.05) is 13.8 Å². The van der Waals surface area contributed by atoms with Gasteiger partial charge in [0.05, 0.1) is 26.4 Å². The van der Waals surface area contributed by atoms with Crippen molar-refractivity contribution in [2.24, 2.45) is 11.0 Å². The first-order chi connectivity index (χ1) is 15.9. The van der Waals surface area contributed by atoms with Gasteiger partial charge < -0.3 is 20.1 Å². The van der Waals surface area contributed by atoms with E-state index in [-0.39, 0.29) is 17.9 Å². The molecule has 0 saturated carbocycles. The summed E-state index contributed by atoms with van der Waals surface area (Å²) in [7, 11) is 1.62. The molecule has 174 valence electrons. The zero-order valence-electron chi connectivity index (χ0n) is 19.3. The van der Waals surface area contributed by atoms with E-state index in [2.05, 4.69) is 29.6 Å². The van der Waals surface area contributed by atoms with Crippen molar-refractivity contribution in [1.82, 2.24) is 5.01 Å². The van der Waals surface area contributed by atoms with Crippen molar-refractivity contribution in [2.75, 3.05) is 30.9 Å². The van der Waals surface area contributed by atoms with Gasteiger partial charge in [0.15, 0.2) is 11.5 Å². The molecule has 33 heavy (non-hydrogen) atoms. The van der Waals surface area contributed by atoms with Gasteiger partial charge in [-0.3, -0.25) is 14.6 Å². The molecule has 2 aromatic carbocycles. The first kappa shape index (κ1) is 22.6. The lowest BCUT2D eigenvalue weighted by atomic mass is 10.1. The highest BCUT2D eigenvalue weighted by atomic mass is 16.5. The molecular formula is C25H30N4O4. The molecule has 0 aliphatic carbocycles. The van der Waals surface area contributed by atoms with Gasteiger partial charge in [-0.05, 0) is 66.3 Å². The summed E-state index contributed by atoms with van der Waals surface area (Å²) in [6, 6.07) is 10.8. The second-order valence-electron chi connectivity index (χ2n) is 8.77. The summed E-state index contributed by atoms with van der Waals surface area (Å²) >= 11 is 0. The van der Waals surface area contributed by atoms with Gasteiger partial charge in [-0.2, -0.15) is 5.10 Å². The van der Waals surface area contributed by atoms with E-state index in [1.165, 1.54) is 0 Å². The fourth-order valence-corrected chi connectivity index (χ4v) is 3.97. The van der Waals surface area contributed by atoms with Crippen LogP contribution >= 0.6 is 0 Å². The zero-order valence-corrected chi connectivity index (χ0v) is 19.3. The Balaban J connectivity index is 1.42. The normalized spacial score (nSPS) is 17.4. The number of nitrogens with one attached hydrogen (secondary N) is 2. The Morgan fingerprint density at radius 2 is 2.12 bits per heavy atom. The molecule has 0 bridgehead atoms. The van der Waals surface area contributed by atoms with Crippen molar-refractivity contribution in [2.45, 2.75) is 39.2 Å². The van der Waals surface area contributed by atoms with E-state index in [1.54, 1.807) is 19.4 Å². The fourth-order valence-electron chi connectivity index (χ4n) is 3.97. The van der Waals surface area contributed by atoms with Crippen molar-refractivity contribution < 1.29 is 19.1 Å². The molecule has 2 heterocycles. The third-order valence-electron chi connectivity index (χ3n) is 5.64. The molecule has 8 heteroatoms. The quantitative estimate of drug-likeness (QED) is 0.599. The number of fused-ring (bicyclic) bond motifs is 1. The average molecular weight is 451 g/mol. The predicted molar refractivity (Wildman–Crippen MR) is 128 cm³/mol. The first-order valence-electron chi connectivity index (χ1n) is 11.3. The maximum Gasteiger partial charge on any atom is 0.248 e. The summed E-state index contributed by atoms with van der Waals surface area (Å²) in [5, 5.41) is 12.2. The van der Waals surface area contributed by atoms with Gasteiger partial charge in [-0.15, -0.1) is 0 Å². The zero-order chi connectivity index (χ0) is 23.4. The number of hydrogen-bond donors (Lipinski definition) is 2. The highest BCUT2D eigenvalue weighted by Crippen LogP contribution is 2.29. The van der Waals surface area contributed by atoms with Crippen LogP contribution in [0.4, 0.5) is 11.4 Å². The van der Waals surface area contributed by atoms with E-state index in [9.17, 15) is 9.59 Å². The second kappa shape index (κ2) is 9.94. The van der Waals surface area contributed by atoms with Crippen molar-refractivity contribution in [3.63, 3.8) is 0 Å². The van der Waals surface area contributed by atoms with E-state index in [0.29, 0.717) is 42.7 Å². The second-order valence-corrected chi connectivity index (χ2v) is 8.77. The summed E-state index contributed by atoms with van der Waals surface area (Å²) in [5.74, 6) is 1.63. The molecule has 0 spiro atoms. The molecule has 2 amide bonds. The van der Waals surface area contributed by atoms with Crippen molar-refractivity contribution in [3.05, 3.63) is 47.5 Å². The van der Waals surface area contributed by atoms with Gasteiger partial charge >= 0.3 is 0 Å². The van der Waals surface area contributed by atoms with E-state index >= 15 is 0 Å². The Kier molecular flexibility index (Phi) is 6.82. The minimum Gasteiger partial charge on any atom is -0.493 e. The summed E-state index contributed by atoms with van der Waals surface area (Å²) in [6.07, 6.45) is 3.71. The number of hydrogen-bond acceptors (Lipinski definition) is 6. The van der Waals surface area contributed by atoms with Gasteiger partial charge in [0.25, 0.3) is 0 Å². The summed E-state index contributed by atoms with van der Waals surface area (Å²) in [5.41, 5.74) is 3.26. The van der Waals surface area contributed by atoms with Crippen LogP contribution in [0.25, 0.3) is 0 Å². The largest absolute Gasteiger partial charge is 0.493 e. The van der Waals surface area contributed by atoms with Crippen LogP contribution in [0.15, 0.2) is 41.5 Å². The van der Waals surface area contributed by atoms with Crippen LogP contribution in [0.5, 0.6) is 11.5 Å². The maximum absolute atomic E-state index is 12.9. The number of benzene rings is 2. The smallest absolute Gasteiger partial charge is 0.248 e. The number of carbonyl (C=O) groups excluding carboxylic acids is 2. The Morgan fingerprint density at radius 1 is 1.27 bits per heavy atom. The van der Waals surface area contributed by atoms with E-state index in [4.69, 9.17) is 9.47 Å². The number of rotatable bonds is 8. The van der Waals surface area contributed by atoms with Crippen molar-refractivity contribution in [1.29, 1.82) is 0 Å². The number of methoxy groups -OCH3 is 1.